The van der Waals surface area contributed by atoms with Gasteiger partial charge in [-0.25, -0.2) is 0 Å². The monoisotopic (exact) mass is 190 g/mol. The zero-order valence-corrected chi connectivity index (χ0v) is 8.96. The Hall–Kier alpha value is -1.02. The lowest BCUT2D eigenvalue weighted by molar-refractivity contribution is 0.960. The van der Waals surface area contributed by atoms with Gasteiger partial charge in [-0.1, -0.05) is 25.1 Å². The van der Waals surface area contributed by atoms with Crippen molar-refractivity contribution in [2.75, 3.05) is 18.0 Å². The molecule has 0 bridgehead atoms. The first-order valence-electron chi connectivity index (χ1n) is 5.33. The molecule has 1 atom stereocenters. The van der Waals surface area contributed by atoms with Crippen molar-refractivity contribution in [3.63, 3.8) is 0 Å². The summed E-state index contributed by atoms with van der Waals surface area (Å²) < 4.78 is 0. The van der Waals surface area contributed by atoms with E-state index >= 15 is 0 Å². The third-order valence-electron chi connectivity index (χ3n) is 2.98. The first kappa shape index (κ1) is 9.53. The number of nitrogens with zero attached hydrogens (tertiary/aromatic N) is 1. The van der Waals surface area contributed by atoms with Gasteiger partial charge >= 0.3 is 0 Å². The van der Waals surface area contributed by atoms with Crippen molar-refractivity contribution < 1.29 is 0 Å². The molecule has 1 fully saturated rings. The summed E-state index contributed by atoms with van der Waals surface area (Å²) in [6, 6.07) is 7.12. The molecule has 2 heteroatoms. The van der Waals surface area contributed by atoms with Crippen LogP contribution in [0.5, 0.6) is 0 Å². The zero-order chi connectivity index (χ0) is 10.1. The van der Waals surface area contributed by atoms with Gasteiger partial charge < -0.3 is 10.6 Å². The van der Waals surface area contributed by atoms with Crippen LogP contribution in [0.15, 0.2) is 18.2 Å². The molecular weight excluding hydrogens is 172 g/mol. The average Bonchev–Trinajstić information content (AvgIpc) is 2.96. The van der Waals surface area contributed by atoms with E-state index in [0.29, 0.717) is 6.04 Å². The van der Waals surface area contributed by atoms with Crippen molar-refractivity contribution in [1.29, 1.82) is 0 Å². The van der Waals surface area contributed by atoms with Gasteiger partial charge in [0.1, 0.15) is 0 Å². The molecule has 2 nitrogen and oxygen atoms in total. The third kappa shape index (κ3) is 1.50. The highest BCUT2D eigenvalue weighted by molar-refractivity contribution is 5.64. The van der Waals surface area contributed by atoms with Gasteiger partial charge in [0.25, 0.3) is 0 Å². The maximum absolute atomic E-state index is 5.66. The minimum absolute atomic E-state index is 0.585. The lowest BCUT2D eigenvalue weighted by atomic mass is 10.1. The van der Waals surface area contributed by atoms with Crippen molar-refractivity contribution in [2.45, 2.75) is 26.3 Å². The zero-order valence-electron chi connectivity index (χ0n) is 8.96. The summed E-state index contributed by atoms with van der Waals surface area (Å²) >= 11 is 0. The summed E-state index contributed by atoms with van der Waals surface area (Å²) in [5.41, 5.74) is 9.90. The van der Waals surface area contributed by atoms with Crippen LogP contribution in [0.1, 0.15) is 18.1 Å². The summed E-state index contributed by atoms with van der Waals surface area (Å²) in [7, 11) is 0. The molecule has 0 aromatic heterocycles. The molecule has 1 aromatic carbocycles. The van der Waals surface area contributed by atoms with E-state index in [4.69, 9.17) is 5.73 Å². The lowest BCUT2D eigenvalue weighted by Crippen LogP contribution is -2.13. The summed E-state index contributed by atoms with van der Waals surface area (Å²) in [5.74, 6) is 0. The van der Waals surface area contributed by atoms with Crippen LogP contribution in [0.3, 0.4) is 0 Å². The van der Waals surface area contributed by atoms with Crippen LogP contribution in [0, 0.1) is 6.92 Å². The molecule has 1 aliphatic heterocycles. The molecule has 2 N–H and O–H groups in total. The highest BCUT2D eigenvalue weighted by Crippen LogP contribution is 2.33. The highest BCUT2D eigenvalue weighted by Gasteiger charge is 2.34. The van der Waals surface area contributed by atoms with Crippen molar-refractivity contribution in [1.82, 2.24) is 0 Å². The third-order valence-corrected chi connectivity index (χ3v) is 2.98. The Morgan fingerprint density at radius 3 is 2.86 bits per heavy atom. The van der Waals surface area contributed by atoms with Crippen molar-refractivity contribution >= 4 is 5.69 Å². The Morgan fingerprint density at radius 2 is 2.29 bits per heavy atom. The summed E-state index contributed by atoms with van der Waals surface area (Å²) in [4.78, 5) is 2.41. The summed E-state index contributed by atoms with van der Waals surface area (Å²) in [5, 5.41) is 0. The van der Waals surface area contributed by atoms with Gasteiger partial charge in [0.15, 0.2) is 0 Å². The summed E-state index contributed by atoms with van der Waals surface area (Å²) in [6.45, 7) is 6.30. The molecule has 0 aliphatic carbocycles. The van der Waals surface area contributed by atoms with Gasteiger partial charge in [0.2, 0.25) is 0 Å². The van der Waals surface area contributed by atoms with Crippen LogP contribution in [0.4, 0.5) is 5.69 Å². The van der Waals surface area contributed by atoms with Gasteiger partial charge in [-0.05, 0) is 24.5 Å². The standard InChI is InChI=1S/C12H18N2/c1-3-10-6-4-5-9(2)12(10)14-8-11(14)7-13/h4-6,11H,3,7-8,13H2,1-2H3. The van der Waals surface area contributed by atoms with Gasteiger partial charge in [-0.15, -0.1) is 0 Å². The summed E-state index contributed by atoms with van der Waals surface area (Å²) in [6.07, 6.45) is 1.10. The van der Waals surface area contributed by atoms with Crippen molar-refractivity contribution in [3.05, 3.63) is 29.3 Å². The predicted molar refractivity (Wildman–Crippen MR) is 60.7 cm³/mol. The Morgan fingerprint density at radius 1 is 1.50 bits per heavy atom. The Kier molecular flexibility index (Phi) is 2.46. The molecule has 1 unspecified atom stereocenters. The second-order valence-corrected chi connectivity index (χ2v) is 3.98. The Bertz CT molecular complexity index is 333. The molecule has 0 amide bonds. The van der Waals surface area contributed by atoms with E-state index < -0.39 is 0 Å². The molecule has 2 rings (SSSR count). The normalized spacial score (nSPS) is 19.9. The smallest absolute Gasteiger partial charge is 0.0588 e. The van der Waals surface area contributed by atoms with E-state index in [1.807, 2.05) is 0 Å². The Labute approximate surface area is 85.7 Å². The van der Waals surface area contributed by atoms with Gasteiger partial charge in [0.05, 0.1) is 6.04 Å². The molecule has 76 valence electrons. The fourth-order valence-electron chi connectivity index (χ4n) is 2.07. The molecule has 1 aromatic rings. The molecule has 1 heterocycles. The number of para-hydroxylation sites is 1. The number of aryl methyl sites for hydroxylation is 2. The number of benzene rings is 1. The van der Waals surface area contributed by atoms with E-state index in [0.717, 1.165) is 19.5 Å². The first-order valence-corrected chi connectivity index (χ1v) is 5.33. The second kappa shape index (κ2) is 3.62. The molecule has 0 spiro atoms. The molecule has 1 saturated heterocycles. The molecule has 0 radical (unpaired) electrons. The van der Waals surface area contributed by atoms with Crippen molar-refractivity contribution in [3.8, 4) is 0 Å². The van der Waals surface area contributed by atoms with E-state index in [1.54, 1.807) is 0 Å². The van der Waals surface area contributed by atoms with Gasteiger partial charge in [-0.3, -0.25) is 0 Å². The number of hydrogen-bond donors (Lipinski definition) is 1. The topological polar surface area (TPSA) is 29.0 Å². The Balaban J connectivity index is 2.32. The van der Waals surface area contributed by atoms with E-state index in [-0.39, 0.29) is 0 Å². The van der Waals surface area contributed by atoms with Crippen LogP contribution in [0.2, 0.25) is 0 Å². The number of rotatable bonds is 3. The second-order valence-electron chi connectivity index (χ2n) is 3.98. The van der Waals surface area contributed by atoms with Crippen LogP contribution in [-0.4, -0.2) is 19.1 Å². The largest absolute Gasteiger partial charge is 0.363 e. The quantitative estimate of drug-likeness (QED) is 0.735. The van der Waals surface area contributed by atoms with Crippen LogP contribution < -0.4 is 10.6 Å². The fourth-order valence-corrected chi connectivity index (χ4v) is 2.07. The van der Waals surface area contributed by atoms with Gasteiger partial charge in [-0.2, -0.15) is 0 Å². The van der Waals surface area contributed by atoms with Crippen LogP contribution >= 0.6 is 0 Å². The lowest BCUT2D eigenvalue weighted by Gasteiger charge is -2.13. The molecular formula is C12H18N2. The number of nitrogens with two attached hydrogens (primary N) is 1. The first-order chi connectivity index (χ1) is 6.77. The van der Waals surface area contributed by atoms with E-state index in [1.165, 1.54) is 16.8 Å². The minimum atomic E-state index is 0.585. The molecule has 14 heavy (non-hydrogen) atoms. The highest BCUT2D eigenvalue weighted by atomic mass is 15.3. The SMILES string of the molecule is CCc1cccc(C)c1N1CC1CN. The maximum Gasteiger partial charge on any atom is 0.0588 e. The van der Waals surface area contributed by atoms with Crippen LogP contribution in [0.25, 0.3) is 0 Å². The van der Waals surface area contributed by atoms with Gasteiger partial charge in [0, 0.05) is 18.8 Å². The molecule has 0 saturated carbocycles. The molecule has 1 aliphatic rings. The maximum atomic E-state index is 5.66. The average molecular weight is 190 g/mol. The number of hydrogen-bond acceptors (Lipinski definition) is 2. The fraction of sp³-hybridized carbons (Fsp3) is 0.500. The predicted octanol–water partition coefficient (Wildman–Crippen LogP) is 1.70. The van der Waals surface area contributed by atoms with E-state index in [9.17, 15) is 0 Å². The number of anilines is 1. The van der Waals surface area contributed by atoms with Crippen LogP contribution in [-0.2, 0) is 6.42 Å². The minimum Gasteiger partial charge on any atom is -0.363 e. The van der Waals surface area contributed by atoms with E-state index in [2.05, 4.69) is 36.9 Å². The van der Waals surface area contributed by atoms with Crippen molar-refractivity contribution in [2.24, 2.45) is 5.73 Å².